The average Bonchev–Trinajstić information content (AvgIpc) is 2.45. The van der Waals surface area contributed by atoms with E-state index < -0.39 is 0 Å². The van der Waals surface area contributed by atoms with Crippen molar-refractivity contribution in [3.8, 4) is 11.5 Å². The van der Waals surface area contributed by atoms with E-state index in [1.54, 1.807) is 25.3 Å². The van der Waals surface area contributed by atoms with Crippen molar-refractivity contribution in [3.63, 3.8) is 0 Å². The quantitative estimate of drug-likeness (QED) is 0.769. The first-order valence-corrected chi connectivity index (χ1v) is 6.04. The fraction of sp³-hybridized carbons (Fsp3) is 0.188. The summed E-state index contributed by atoms with van der Waals surface area (Å²) in [6.45, 7) is 2.52. The van der Waals surface area contributed by atoms with Gasteiger partial charge in [0.05, 0.1) is 7.11 Å². The summed E-state index contributed by atoms with van der Waals surface area (Å²) in [6, 6.07) is 13.3. The van der Waals surface area contributed by atoms with E-state index in [2.05, 4.69) is 6.07 Å². The highest BCUT2D eigenvalue weighted by Crippen LogP contribution is 2.28. The van der Waals surface area contributed by atoms with Crippen molar-refractivity contribution in [2.45, 2.75) is 13.5 Å². The fourth-order valence-corrected chi connectivity index (χ4v) is 1.84. The second-order valence-corrected chi connectivity index (χ2v) is 4.31. The molecule has 0 fully saturated rings. The molecule has 0 aliphatic rings. The molecule has 0 amide bonds. The molecule has 2 aromatic carbocycles. The van der Waals surface area contributed by atoms with E-state index in [9.17, 15) is 4.79 Å². The van der Waals surface area contributed by atoms with Crippen LogP contribution >= 0.6 is 0 Å². The predicted molar refractivity (Wildman–Crippen MR) is 73.9 cm³/mol. The van der Waals surface area contributed by atoms with Gasteiger partial charge in [-0.05, 0) is 30.7 Å². The van der Waals surface area contributed by atoms with Gasteiger partial charge in [0.1, 0.15) is 12.9 Å². The van der Waals surface area contributed by atoms with E-state index >= 15 is 0 Å². The molecule has 0 aliphatic carbocycles. The van der Waals surface area contributed by atoms with Gasteiger partial charge in [-0.15, -0.1) is 0 Å². The normalized spacial score (nSPS) is 10.0. The molecule has 0 saturated heterocycles. The average molecular weight is 256 g/mol. The van der Waals surface area contributed by atoms with Gasteiger partial charge in [0.15, 0.2) is 11.5 Å². The Kier molecular flexibility index (Phi) is 4.18. The third-order valence-corrected chi connectivity index (χ3v) is 2.80. The fourth-order valence-electron chi connectivity index (χ4n) is 1.84. The first kappa shape index (κ1) is 13.1. The standard InChI is InChI=1S/C16H16O3/c1-12-4-3-5-14(8-12)11-19-15-7-6-13(10-17)9-16(15)18-2/h3-10H,11H2,1-2H3. The maximum absolute atomic E-state index is 10.7. The molecule has 0 spiro atoms. The maximum Gasteiger partial charge on any atom is 0.161 e. The first-order chi connectivity index (χ1) is 9.22. The van der Waals surface area contributed by atoms with Crippen molar-refractivity contribution >= 4 is 6.29 Å². The lowest BCUT2D eigenvalue weighted by molar-refractivity contribution is 0.112. The van der Waals surface area contributed by atoms with Gasteiger partial charge < -0.3 is 9.47 Å². The van der Waals surface area contributed by atoms with E-state index in [4.69, 9.17) is 9.47 Å². The number of hydrogen-bond donors (Lipinski definition) is 0. The third-order valence-electron chi connectivity index (χ3n) is 2.80. The molecule has 2 aromatic rings. The summed E-state index contributed by atoms with van der Waals surface area (Å²) in [5.41, 5.74) is 2.87. The second kappa shape index (κ2) is 6.05. The van der Waals surface area contributed by atoms with Crippen LogP contribution in [-0.2, 0) is 6.61 Å². The molecule has 98 valence electrons. The van der Waals surface area contributed by atoms with Gasteiger partial charge in [0.2, 0.25) is 0 Å². The van der Waals surface area contributed by atoms with Crippen LogP contribution in [0.2, 0.25) is 0 Å². The molecule has 0 atom stereocenters. The molecule has 0 bridgehead atoms. The van der Waals surface area contributed by atoms with Crippen LogP contribution in [0.15, 0.2) is 42.5 Å². The Morgan fingerprint density at radius 3 is 2.63 bits per heavy atom. The van der Waals surface area contributed by atoms with Crippen molar-refractivity contribution in [1.29, 1.82) is 0 Å². The van der Waals surface area contributed by atoms with E-state index in [1.807, 2.05) is 25.1 Å². The summed E-state index contributed by atoms with van der Waals surface area (Å²) in [6.07, 6.45) is 0.785. The smallest absolute Gasteiger partial charge is 0.161 e. The van der Waals surface area contributed by atoms with Crippen LogP contribution in [0.5, 0.6) is 11.5 Å². The molecule has 0 radical (unpaired) electrons. The summed E-state index contributed by atoms with van der Waals surface area (Å²) in [5, 5.41) is 0. The Balaban J connectivity index is 2.13. The van der Waals surface area contributed by atoms with Gasteiger partial charge in [-0.2, -0.15) is 0 Å². The summed E-state index contributed by atoms with van der Waals surface area (Å²) >= 11 is 0. The number of ether oxygens (including phenoxy) is 2. The Hall–Kier alpha value is -2.29. The van der Waals surface area contributed by atoms with Gasteiger partial charge in [0, 0.05) is 5.56 Å². The number of rotatable bonds is 5. The second-order valence-electron chi connectivity index (χ2n) is 4.31. The van der Waals surface area contributed by atoms with Gasteiger partial charge >= 0.3 is 0 Å². The van der Waals surface area contributed by atoms with E-state index in [0.29, 0.717) is 23.7 Å². The number of benzene rings is 2. The highest BCUT2D eigenvalue weighted by molar-refractivity contribution is 5.76. The molecule has 19 heavy (non-hydrogen) atoms. The summed E-state index contributed by atoms with van der Waals surface area (Å²) in [7, 11) is 1.56. The van der Waals surface area contributed by atoms with Crippen LogP contribution < -0.4 is 9.47 Å². The van der Waals surface area contributed by atoms with Crippen LogP contribution in [0.25, 0.3) is 0 Å². The lowest BCUT2D eigenvalue weighted by Gasteiger charge is -2.11. The molecule has 0 N–H and O–H groups in total. The molecule has 0 saturated carbocycles. The zero-order valence-electron chi connectivity index (χ0n) is 11.1. The number of aldehydes is 1. The van der Waals surface area contributed by atoms with Crippen molar-refractivity contribution in [2.75, 3.05) is 7.11 Å². The number of carbonyl (C=O) groups is 1. The molecule has 0 unspecified atom stereocenters. The minimum Gasteiger partial charge on any atom is -0.493 e. The predicted octanol–water partition coefficient (Wildman–Crippen LogP) is 3.40. The van der Waals surface area contributed by atoms with Crippen molar-refractivity contribution in [2.24, 2.45) is 0 Å². The number of methoxy groups -OCH3 is 1. The Morgan fingerprint density at radius 1 is 1.11 bits per heavy atom. The third kappa shape index (κ3) is 3.35. The maximum atomic E-state index is 10.7. The van der Waals surface area contributed by atoms with Crippen LogP contribution in [0.4, 0.5) is 0 Å². The van der Waals surface area contributed by atoms with Crippen LogP contribution in [0, 0.1) is 6.92 Å². The van der Waals surface area contributed by atoms with E-state index in [0.717, 1.165) is 11.8 Å². The lowest BCUT2D eigenvalue weighted by Crippen LogP contribution is -1.98. The summed E-state index contributed by atoms with van der Waals surface area (Å²) in [4.78, 5) is 10.7. The van der Waals surface area contributed by atoms with Crippen LogP contribution in [0.1, 0.15) is 21.5 Å². The van der Waals surface area contributed by atoms with Gasteiger partial charge in [-0.1, -0.05) is 29.8 Å². The van der Waals surface area contributed by atoms with E-state index in [-0.39, 0.29) is 0 Å². The van der Waals surface area contributed by atoms with Gasteiger partial charge in [-0.3, -0.25) is 4.79 Å². The summed E-state index contributed by atoms with van der Waals surface area (Å²) < 4.78 is 10.9. The highest BCUT2D eigenvalue weighted by Gasteiger charge is 2.05. The number of aryl methyl sites for hydroxylation is 1. The SMILES string of the molecule is COc1cc(C=O)ccc1OCc1cccc(C)c1. The molecule has 0 aliphatic heterocycles. The van der Waals surface area contributed by atoms with E-state index in [1.165, 1.54) is 5.56 Å². The first-order valence-electron chi connectivity index (χ1n) is 6.04. The minimum atomic E-state index is 0.471. The van der Waals surface area contributed by atoms with Crippen molar-refractivity contribution in [3.05, 3.63) is 59.2 Å². The number of carbonyl (C=O) groups excluding carboxylic acids is 1. The summed E-state index contributed by atoms with van der Waals surface area (Å²) in [5.74, 6) is 1.20. The van der Waals surface area contributed by atoms with Gasteiger partial charge in [-0.25, -0.2) is 0 Å². The molecule has 0 aromatic heterocycles. The van der Waals surface area contributed by atoms with Gasteiger partial charge in [0.25, 0.3) is 0 Å². The topological polar surface area (TPSA) is 35.5 Å². The molecule has 3 heteroatoms. The molecule has 3 nitrogen and oxygen atoms in total. The zero-order valence-corrected chi connectivity index (χ0v) is 11.1. The van der Waals surface area contributed by atoms with Crippen LogP contribution in [0.3, 0.4) is 0 Å². The highest BCUT2D eigenvalue weighted by atomic mass is 16.5. The van der Waals surface area contributed by atoms with Crippen molar-refractivity contribution in [1.82, 2.24) is 0 Å². The molecular formula is C16H16O3. The van der Waals surface area contributed by atoms with Crippen LogP contribution in [-0.4, -0.2) is 13.4 Å². The van der Waals surface area contributed by atoms with Crippen molar-refractivity contribution < 1.29 is 14.3 Å². The molecule has 2 rings (SSSR count). The lowest BCUT2D eigenvalue weighted by atomic mass is 10.1. The monoisotopic (exact) mass is 256 g/mol. The molecule has 0 heterocycles. The zero-order chi connectivity index (χ0) is 13.7. The largest absolute Gasteiger partial charge is 0.493 e. The molecular weight excluding hydrogens is 240 g/mol. The Morgan fingerprint density at radius 2 is 1.95 bits per heavy atom. The Labute approximate surface area is 112 Å². The Bertz CT molecular complexity index is 576. The number of hydrogen-bond acceptors (Lipinski definition) is 3. The minimum absolute atomic E-state index is 0.471.